The molecule has 0 saturated carbocycles. The van der Waals surface area contributed by atoms with Crippen molar-refractivity contribution >= 4 is 17.6 Å². The van der Waals surface area contributed by atoms with Crippen molar-refractivity contribution in [3.05, 3.63) is 48.0 Å². The van der Waals surface area contributed by atoms with E-state index >= 15 is 0 Å². The van der Waals surface area contributed by atoms with E-state index in [9.17, 15) is 9.59 Å². The topological polar surface area (TPSA) is 84.2 Å². The molecule has 0 saturated heterocycles. The molecular weight excluding hydrogens is 234 g/mol. The molecule has 2 N–H and O–H groups in total. The van der Waals surface area contributed by atoms with E-state index in [2.05, 4.69) is 10.3 Å². The predicted molar refractivity (Wildman–Crippen MR) is 64.6 cm³/mol. The molecule has 2 heterocycles. The molecule has 0 aromatic carbocycles. The Morgan fingerprint density at radius 1 is 1.39 bits per heavy atom. The zero-order valence-electron chi connectivity index (χ0n) is 9.62. The maximum atomic E-state index is 11.9. The number of nitrogens with one attached hydrogen (secondary N) is 1. The molecule has 0 fully saturated rings. The second-order valence-electron chi connectivity index (χ2n) is 3.69. The van der Waals surface area contributed by atoms with Gasteiger partial charge >= 0.3 is 5.97 Å². The second kappa shape index (κ2) is 4.70. The number of carboxylic acids is 1. The average molecular weight is 245 g/mol. The first kappa shape index (κ1) is 11.8. The summed E-state index contributed by atoms with van der Waals surface area (Å²) in [6.07, 6.45) is 3.09. The highest BCUT2D eigenvalue weighted by Gasteiger charge is 2.10. The van der Waals surface area contributed by atoms with Gasteiger partial charge in [0.25, 0.3) is 5.91 Å². The SMILES string of the molecule is Cn1cccc1C(=O)Nc1ccnc(C(=O)O)c1. The van der Waals surface area contributed by atoms with E-state index in [1.165, 1.54) is 18.3 Å². The van der Waals surface area contributed by atoms with Gasteiger partial charge in [0.05, 0.1) is 0 Å². The molecular formula is C12H11N3O3. The number of carbonyl (C=O) groups excluding carboxylic acids is 1. The molecule has 0 bridgehead atoms. The molecule has 0 radical (unpaired) electrons. The van der Waals surface area contributed by atoms with Crippen LogP contribution in [0.15, 0.2) is 36.7 Å². The number of carbonyl (C=O) groups is 2. The predicted octanol–water partition coefficient (Wildman–Crippen LogP) is 1.37. The summed E-state index contributed by atoms with van der Waals surface area (Å²) in [5.41, 5.74) is 0.775. The Morgan fingerprint density at radius 2 is 2.17 bits per heavy atom. The smallest absolute Gasteiger partial charge is 0.354 e. The van der Waals surface area contributed by atoms with Crippen LogP contribution in [0.25, 0.3) is 0 Å². The summed E-state index contributed by atoms with van der Waals surface area (Å²) in [5.74, 6) is -1.44. The Morgan fingerprint density at radius 3 is 2.78 bits per heavy atom. The Hall–Kier alpha value is -2.63. The van der Waals surface area contributed by atoms with E-state index in [0.29, 0.717) is 11.4 Å². The van der Waals surface area contributed by atoms with Crippen molar-refractivity contribution in [1.82, 2.24) is 9.55 Å². The van der Waals surface area contributed by atoms with Crippen LogP contribution in [-0.4, -0.2) is 26.5 Å². The van der Waals surface area contributed by atoms with Gasteiger partial charge in [-0.05, 0) is 24.3 Å². The fourth-order valence-electron chi connectivity index (χ4n) is 1.52. The maximum Gasteiger partial charge on any atom is 0.354 e. The summed E-state index contributed by atoms with van der Waals surface area (Å²) in [6.45, 7) is 0. The minimum Gasteiger partial charge on any atom is -0.477 e. The van der Waals surface area contributed by atoms with Gasteiger partial charge in [-0.15, -0.1) is 0 Å². The molecule has 6 nitrogen and oxygen atoms in total. The molecule has 0 unspecified atom stereocenters. The van der Waals surface area contributed by atoms with Crippen molar-refractivity contribution in [2.75, 3.05) is 5.32 Å². The number of aromatic carboxylic acids is 1. The molecule has 0 aliphatic heterocycles. The van der Waals surface area contributed by atoms with Crippen LogP contribution in [0.1, 0.15) is 21.0 Å². The van der Waals surface area contributed by atoms with Crippen molar-refractivity contribution in [2.45, 2.75) is 0 Å². The number of carboxylic acid groups (broad SMARTS) is 1. The van der Waals surface area contributed by atoms with Crippen LogP contribution in [0.2, 0.25) is 0 Å². The van der Waals surface area contributed by atoms with Gasteiger partial charge in [-0.25, -0.2) is 9.78 Å². The summed E-state index contributed by atoms with van der Waals surface area (Å²) in [5, 5.41) is 11.4. The van der Waals surface area contributed by atoms with Gasteiger partial charge in [0.15, 0.2) is 0 Å². The number of pyridine rings is 1. The van der Waals surface area contributed by atoms with Crippen LogP contribution in [0.3, 0.4) is 0 Å². The van der Waals surface area contributed by atoms with Crippen molar-refractivity contribution < 1.29 is 14.7 Å². The van der Waals surface area contributed by atoms with Crippen LogP contribution in [0.5, 0.6) is 0 Å². The molecule has 2 aromatic rings. The Kier molecular flexibility index (Phi) is 3.09. The largest absolute Gasteiger partial charge is 0.477 e. The number of nitrogens with zero attached hydrogens (tertiary/aromatic N) is 2. The molecule has 0 atom stereocenters. The van der Waals surface area contributed by atoms with Crippen molar-refractivity contribution in [1.29, 1.82) is 0 Å². The number of hydrogen-bond acceptors (Lipinski definition) is 3. The van der Waals surface area contributed by atoms with Gasteiger partial charge in [0.2, 0.25) is 0 Å². The second-order valence-corrected chi connectivity index (χ2v) is 3.69. The van der Waals surface area contributed by atoms with Crippen LogP contribution >= 0.6 is 0 Å². The van der Waals surface area contributed by atoms with Gasteiger partial charge in [0, 0.05) is 25.1 Å². The van der Waals surface area contributed by atoms with E-state index < -0.39 is 5.97 Å². The van der Waals surface area contributed by atoms with Crippen molar-refractivity contribution in [3.8, 4) is 0 Å². The summed E-state index contributed by atoms with van der Waals surface area (Å²) in [6, 6.07) is 6.27. The third-order valence-corrected chi connectivity index (χ3v) is 2.41. The van der Waals surface area contributed by atoms with Crippen molar-refractivity contribution in [3.63, 3.8) is 0 Å². The minimum absolute atomic E-state index is 0.111. The fourth-order valence-corrected chi connectivity index (χ4v) is 1.52. The molecule has 18 heavy (non-hydrogen) atoms. The number of aryl methyl sites for hydroxylation is 1. The van der Waals surface area contributed by atoms with Crippen LogP contribution in [-0.2, 0) is 7.05 Å². The molecule has 2 aromatic heterocycles. The maximum absolute atomic E-state index is 11.9. The number of rotatable bonds is 3. The summed E-state index contributed by atoms with van der Waals surface area (Å²) in [4.78, 5) is 26.3. The average Bonchev–Trinajstić information content (AvgIpc) is 2.76. The van der Waals surface area contributed by atoms with Crippen LogP contribution in [0.4, 0.5) is 5.69 Å². The zero-order chi connectivity index (χ0) is 13.1. The monoisotopic (exact) mass is 245 g/mol. The van der Waals surface area contributed by atoms with Crippen molar-refractivity contribution in [2.24, 2.45) is 7.05 Å². The third kappa shape index (κ3) is 2.37. The summed E-state index contributed by atoms with van der Waals surface area (Å²) >= 11 is 0. The first-order valence-corrected chi connectivity index (χ1v) is 5.20. The fraction of sp³-hybridized carbons (Fsp3) is 0.0833. The van der Waals surface area contributed by atoms with E-state index in [4.69, 9.17) is 5.11 Å². The minimum atomic E-state index is -1.13. The lowest BCUT2D eigenvalue weighted by molar-refractivity contribution is 0.0690. The van der Waals surface area contributed by atoms with Gasteiger partial charge in [-0.2, -0.15) is 0 Å². The molecule has 0 spiro atoms. The molecule has 6 heteroatoms. The van der Waals surface area contributed by atoms with E-state index in [1.54, 1.807) is 29.9 Å². The summed E-state index contributed by atoms with van der Waals surface area (Å²) < 4.78 is 1.68. The Bertz CT molecular complexity index is 604. The van der Waals surface area contributed by atoms with Crippen LogP contribution < -0.4 is 5.32 Å². The van der Waals surface area contributed by atoms with Crippen LogP contribution in [0, 0.1) is 0 Å². The molecule has 1 amide bonds. The standard InChI is InChI=1S/C12H11N3O3/c1-15-6-2-3-10(15)11(16)14-8-4-5-13-9(7-8)12(17)18/h2-7H,1H3,(H,17,18)(H,13,14,16). The first-order valence-electron chi connectivity index (χ1n) is 5.20. The van der Waals surface area contributed by atoms with E-state index in [-0.39, 0.29) is 11.6 Å². The Balaban J connectivity index is 2.20. The molecule has 2 rings (SSSR count). The number of amides is 1. The van der Waals surface area contributed by atoms with Gasteiger partial charge in [0.1, 0.15) is 11.4 Å². The third-order valence-electron chi connectivity index (χ3n) is 2.41. The highest BCUT2D eigenvalue weighted by atomic mass is 16.4. The number of aromatic nitrogens is 2. The number of hydrogen-bond donors (Lipinski definition) is 2. The highest BCUT2D eigenvalue weighted by Crippen LogP contribution is 2.10. The lowest BCUT2D eigenvalue weighted by atomic mass is 10.3. The van der Waals surface area contributed by atoms with Gasteiger partial charge in [-0.3, -0.25) is 4.79 Å². The van der Waals surface area contributed by atoms with Gasteiger partial charge < -0.3 is 15.0 Å². The molecule has 0 aliphatic rings. The lowest BCUT2D eigenvalue weighted by Crippen LogP contribution is -2.15. The molecule has 0 aliphatic carbocycles. The quantitative estimate of drug-likeness (QED) is 0.855. The summed E-state index contributed by atoms with van der Waals surface area (Å²) in [7, 11) is 1.75. The molecule has 92 valence electrons. The van der Waals surface area contributed by atoms with E-state index in [1.807, 2.05) is 0 Å². The number of anilines is 1. The Labute approximate surface area is 103 Å². The van der Waals surface area contributed by atoms with Gasteiger partial charge in [-0.1, -0.05) is 0 Å². The lowest BCUT2D eigenvalue weighted by Gasteiger charge is -2.06. The van der Waals surface area contributed by atoms with E-state index in [0.717, 1.165) is 0 Å². The highest BCUT2D eigenvalue weighted by molar-refractivity contribution is 6.03. The first-order chi connectivity index (χ1) is 8.58. The normalized spacial score (nSPS) is 10.1. The zero-order valence-corrected chi connectivity index (χ0v) is 9.62.